The highest BCUT2D eigenvalue weighted by atomic mass is 35.5. The van der Waals surface area contributed by atoms with Crippen molar-refractivity contribution in [3.05, 3.63) is 28.9 Å². The van der Waals surface area contributed by atoms with E-state index in [9.17, 15) is 4.39 Å². The van der Waals surface area contributed by atoms with Crippen molar-refractivity contribution >= 4 is 45.7 Å². The zero-order chi connectivity index (χ0) is 9.42. The quantitative estimate of drug-likeness (QED) is 0.556. The summed E-state index contributed by atoms with van der Waals surface area (Å²) in [6, 6.07) is 3.18. The van der Waals surface area contributed by atoms with E-state index in [4.69, 9.17) is 11.6 Å². The van der Waals surface area contributed by atoms with E-state index in [1.807, 2.05) is 5.38 Å². The molecule has 0 fully saturated rings. The first-order valence-electron chi connectivity index (χ1n) is 3.67. The highest BCUT2D eigenvalue weighted by molar-refractivity contribution is 7.80. The van der Waals surface area contributed by atoms with E-state index in [2.05, 4.69) is 12.6 Å². The number of benzene rings is 1. The molecule has 2 aromatic rings. The third-order valence-corrected chi connectivity index (χ3v) is 3.54. The summed E-state index contributed by atoms with van der Waals surface area (Å²) >= 11 is 11.4. The van der Waals surface area contributed by atoms with Gasteiger partial charge in [-0.1, -0.05) is 0 Å². The molecule has 1 aromatic heterocycles. The summed E-state index contributed by atoms with van der Waals surface area (Å²) in [4.78, 5) is 0.627. The molecule has 0 aliphatic heterocycles. The van der Waals surface area contributed by atoms with Gasteiger partial charge in [-0.2, -0.15) is 0 Å². The first-order valence-corrected chi connectivity index (χ1v) is 5.53. The van der Waals surface area contributed by atoms with Crippen molar-refractivity contribution in [3.63, 3.8) is 0 Å². The summed E-state index contributed by atoms with van der Waals surface area (Å²) in [7, 11) is 0. The Morgan fingerprint density at radius 2 is 2.31 bits per heavy atom. The molecule has 68 valence electrons. The zero-order valence-electron chi connectivity index (χ0n) is 6.55. The molecule has 13 heavy (non-hydrogen) atoms. The van der Waals surface area contributed by atoms with Gasteiger partial charge in [0, 0.05) is 20.9 Å². The number of alkyl halides is 1. The normalized spacial score (nSPS) is 11.0. The fourth-order valence-corrected chi connectivity index (χ4v) is 3.05. The average Bonchev–Trinajstić information content (AvgIpc) is 2.53. The molecule has 0 bridgehead atoms. The highest BCUT2D eigenvalue weighted by Crippen LogP contribution is 2.32. The summed E-state index contributed by atoms with van der Waals surface area (Å²) < 4.78 is 14.2. The van der Waals surface area contributed by atoms with Gasteiger partial charge in [-0.05, 0) is 23.1 Å². The number of fused-ring (bicyclic) bond motifs is 1. The Morgan fingerprint density at radius 3 is 3.00 bits per heavy atom. The Balaban J connectivity index is 2.88. The molecule has 1 heterocycles. The van der Waals surface area contributed by atoms with Crippen LogP contribution in [-0.4, -0.2) is 0 Å². The highest BCUT2D eigenvalue weighted by Gasteiger charge is 2.10. The molecule has 2 rings (SSSR count). The minimum absolute atomic E-state index is 0.227. The van der Waals surface area contributed by atoms with Crippen molar-refractivity contribution < 1.29 is 4.39 Å². The van der Waals surface area contributed by atoms with Crippen LogP contribution in [0.4, 0.5) is 4.39 Å². The Kier molecular flexibility index (Phi) is 2.49. The Bertz CT molecular complexity index is 450. The molecular weight excluding hydrogens is 227 g/mol. The third kappa shape index (κ3) is 1.45. The van der Waals surface area contributed by atoms with E-state index in [0.29, 0.717) is 16.2 Å². The van der Waals surface area contributed by atoms with Crippen LogP contribution in [0.1, 0.15) is 5.56 Å². The summed E-state index contributed by atoms with van der Waals surface area (Å²) in [5.41, 5.74) is 0.913. The van der Waals surface area contributed by atoms with Crippen LogP contribution in [0.25, 0.3) is 10.1 Å². The first-order chi connectivity index (χ1) is 6.24. The molecule has 0 aliphatic carbocycles. The number of rotatable bonds is 1. The van der Waals surface area contributed by atoms with Gasteiger partial charge in [-0.15, -0.1) is 35.6 Å². The number of hydrogen-bond donors (Lipinski definition) is 1. The van der Waals surface area contributed by atoms with E-state index in [-0.39, 0.29) is 5.82 Å². The maximum absolute atomic E-state index is 13.3. The van der Waals surface area contributed by atoms with Crippen LogP contribution in [0.15, 0.2) is 22.4 Å². The molecule has 0 N–H and O–H groups in total. The molecule has 0 atom stereocenters. The largest absolute Gasteiger partial charge is 0.206 e. The van der Waals surface area contributed by atoms with Crippen LogP contribution in [0, 0.1) is 5.82 Å². The van der Waals surface area contributed by atoms with E-state index in [1.165, 1.54) is 17.4 Å². The summed E-state index contributed by atoms with van der Waals surface area (Å²) in [5.74, 6) is 0.144. The van der Waals surface area contributed by atoms with Crippen LogP contribution in [0.5, 0.6) is 0 Å². The van der Waals surface area contributed by atoms with Gasteiger partial charge < -0.3 is 0 Å². The second-order valence-corrected chi connectivity index (χ2v) is 4.32. The molecule has 4 heteroatoms. The third-order valence-electron chi connectivity index (χ3n) is 1.90. The average molecular weight is 233 g/mol. The van der Waals surface area contributed by atoms with Gasteiger partial charge in [0.15, 0.2) is 0 Å². The predicted octanol–water partition coefficient (Wildman–Crippen LogP) is 4.07. The van der Waals surface area contributed by atoms with Crippen molar-refractivity contribution in [2.24, 2.45) is 0 Å². The van der Waals surface area contributed by atoms with Gasteiger partial charge >= 0.3 is 0 Å². The van der Waals surface area contributed by atoms with E-state index >= 15 is 0 Å². The van der Waals surface area contributed by atoms with Crippen molar-refractivity contribution in [3.8, 4) is 0 Å². The maximum Gasteiger partial charge on any atom is 0.133 e. The van der Waals surface area contributed by atoms with Gasteiger partial charge in [0.2, 0.25) is 0 Å². The minimum Gasteiger partial charge on any atom is -0.206 e. The molecule has 0 saturated heterocycles. The van der Waals surface area contributed by atoms with Gasteiger partial charge in [0.25, 0.3) is 0 Å². The first kappa shape index (κ1) is 9.31. The van der Waals surface area contributed by atoms with Crippen molar-refractivity contribution in [1.82, 2.24) is 0 Å². The molecule has 0 aliphatic rings. The number of thiol groups is 1. The van der Waals surface area contributed by atoms with E-state index < -0.39 is 0 Å². The van der Waals surface area contributed by atoms with Crippen LogP contribution < -0.4 is 0 Å². The van der Waals surface area contributed by atoms with Crippen LogP contribution in [-0.2, 0) is 5.88 Å². The molecule has 0 radical (unpaired) electrons. The molecule has 1 aromatic carbocycles. The van der Waals surface area contributed by atoms with E-state index in [0.717, 1.165) is 10.3 Å². The fourth-order valence-electron chi connectivity index (χ4n) is 1.26. The second-order valence-electron chi connectivity index (χ2n) is 2.65. The second kappa shape index (κ2) is 3.48. The summed E-state index contributed by atoms with van der Waals surface area (Å²) in [6.07, 6.45) is 0. The lowest BCUT2D eigenvalue weighted by Gasteiger charge is -2.03. The van der Waals surface area contributed by atoms with E-state index in [1.54, 1.807) is 6.07 Å². The standard InChI is InChI=1S/C9H6ClFS2/c10-4-6-8(12)3-7(11)5-1-2-13-9(5)6/h1-3,12H,4H2. The molecule has 0 amide bonds. The fraction of sp³-hybridized carbons (Fsp3) is 0.111. The molecule has 0 unspecified atom stereocenters. The summed E-state index contributed by atoms with van der Waals surface area (Å²) in [6.45, 7) is 0. The number of hydrogen-bond acceptors (Lipinski definition) is 2. The van der Waals surface area contributed by atoms with Crippen molar-refractivity contribution in [2.75, 3.05) is 0 Å². The molecular formula is C9H6ClFS2. The van der Waals surface area contributed by atoms with Gasteiger partial charge in [0.1, 0.15) is 5.82 Å². The Hall–Kier alpha value is -0.250. The minimum atomic E-state index is -0.227. The monoisotopic (exact) mass is 232 g/mol. The Morgan fingerprint density at radius 1 is 1.54 bits per heavy atom. The summed E-state index contributed by atoms with van der Waals surface area (Å²) in [5, 5.41) is 2.50. The van der Waals surface area contributed by atoms with Gasteiger partial charge in [-0.25, -0.2) is 4.39 Å². The predicted molar refractivity (Wildman–Crippen MR) is 58.6 cm³/mol. The van der Waals surface area contributed by atoms with Crippen LogP contribution in [0.3, 0.4) is 0 Å². The lowest BCUT2D eigenvalue weighted by molar-refractivity contribution is 0.636. The van der Waals surface area contributed by atoms with Crippen LogP contribution in [0.2, 0.25) is 0 Å². The SMILES string of the molecule is Fc1cc(S)c(CCl)c2sccc12. The molecule has 0 saturated carbocycles. The van der Waals surface area contributed by atoms with Crippen LogP contribution >= 0.6 is 35.6 Å². The molecule has 0 spiro atoms. The van der Waals surface area contributed by atoms with Crippen molar-refractivity contribution in [1.29, 1.82) is 0 Å². The lowest BCUT2D eigenvalue weighted by Crippen LogP contribution is -1.85. The maximum atomic E-state index is 13.3. The Labute approximate surface area is 89.7 Å². The van der Waals surface area contributed by atoms with Gasteiger partial charge in [-0.3, -0.25) is 0 Å². The smallest absolute Gasteiger partial charge is 0.133 e. The topological polar surface area (TPSA) is 0 Å². The number of halogens is 2. The van der Waals surface area contributed by atoms with Crippen molar-refractivity contribution in [2.45, 2.75) is 10.8 Å². The zero-order valence-corrected chi connectivity index (χ0v) is 9.02. The molecule has 0 nitrogen and oxygen atoms in total. The number of thiophene rings is 1. The lowest BCUT2D eigenvalue weighted by atomic mass is 10.2. The van der Waals surface area contributed by atoms with Gasteiger partial charge in [0.05, 0.1) is 0 Å².